The molecule has 0 radical (unpaired) electrons. The molecule has 1 aliphatic heterocycles. The lowest BCUT2D eigenvalue weighted by Gasteiger charge is -2.36. The van der Waals surface area contributed by atoms with Crippen molar-refractivity contribution >= 4 is 23.5 Å². The maximum atomic E-state index is 12.5. The van der Waals surface area contributed by atoms with Crippen molar-refractivity contribution in [3.05, 3.63) is 29.8 Å². The average molecular weight is 358 g/mol. The highest BCUT2D eigenvalue weighted by Crippen LogP contribution is 2.30. The predicted octanol–water partition coefficient (Wildman–Crippen LogP) is 2.84. The summed E-state index contributed by atoms with van der Waals surface area (Å²) in [4.78, 5) is 38.3. The zero-order valence-electron chi connectivity index (χ0n) is 15.2. The van der Waals surface area contributed by atoms with E-state index in [1.165, 1.54) is 0 Å². The zero-order chi connectivity index (χ0) is 18.5. The van der Waals surface area contributed by atoms with Crippen LogP contribution in [-0.2, 0) is 14.3 Å². The molecule has 6 heteroatoms. The lowest BCUT2D eigenvalue weighted by molar-refractivity contribution is -0.140. The minimum Gasteiger partial charge on any atom is -0.462 e. The third-order valence-corrected chi connectivity index (χ3v) is 5.30. The molecule has 1 aromatic rings. The molecule has 140 valence electrons. The Morgan fingerprint density at radius 1 is 1.04 bits per heavy atom. The molecule has 0 unspecified atom stereocenters. The van der Waals surface area contributed by atoms with Crippen molar-refractivity contribution in [2.75, 3.05) is 25.0 Å². The molecule has 3 rings (SSSR count). The maximum absolute atomic E-state index is 12.5. The van der Waals surface area contributed by atoms with Crippen LogP contribution in [0.1, 0.15) is 49.4 Å². The zero-order valence-corrected chi connectivity index (χ0v) is 15.2. The van der Waals surface area contributed by atoms with Gasteiger partial charge in [-0.15, -0.1) is 0 Å². The van der Waals surface area contributed by atoms with Crippen molar-refractivity contribution in [3.8, 4) is 0 Å². The number of benzene rings is 1. The lowest BCUT2D eigenvalue weighted by atomic mass is 9.83. The number of ether oxygens (including phenoxy) is 1. The fourth-order valence-electron chi connectivity index (χ4n) is 3.42. The van der Waals surface area contributed by atoms with E-state index in [1.807, 2.05) is 4.90 Å². The minimum absolute atomic E-state index is 0.0235. The van der Waals surface area contributed by atoms with Gasteiger partial charge in [0.1, 0.15) is 0 Å². The molecule has 1 saturated heterocycles. The van der Waals surface area contributed by atoms with E-state index in [9.17, 15) is 14.4 Å². The van der Waals surface area contributed by atoms with E-state index in [-0.39, 0.29) is 29.6 Å². The summed E-state index contributed by atoms with van der Waals surface area (Å²) in [5, 5.41) is 2.90. The number of hydrogen-bond acceptors (Lipinski definition) is 4. The number of amides is 2. The molecular weight excluding hydrogens is 332 g/mol. The van der Waals surface area contributed by atoms with Crippen LogP contribution in [0.4, 0.5) is 5.69 Å². The van der Waals surface area contributed by atoms with Crippen LogP contribution in [0.5, 0.6) is 0 Å². The molecule has 26 heavy (non-hydrogen) atoms. The van der Waals surface area contributed by atoms with Gasteiger partial charge >= 0.3 is 5.97 Å². The van der Waals surface area contributed by atoms with Crippen molar-refractivity contribution in [2.24, 2.45) is 11.8 Å². The Morgan fingerprint density at radius 3 is 2.23 bits per heavy atom. The molecule has 6 nitrogen and oxygen atoms in total. The molecule has 1 aliphatic carbocycles. The number of nitrogens with zero attached hydrogens (tertiary/aromatic N) is 1. The van der Waals surface area contributed by atoms with Crippen LogP contribution in [0.25, 0.3) is 0 Å². The lowest BCUT2D eigenvalue weighted by Crippen LogP contribution is -2.45. The molecule has 0 atom stereocenters. The number of esters is 1. The van der Waals surface area contributed by atoms with Crippen LogP contribution >= 0.6 is 0 Å². The first-order chi connectivity index (χ1) is 12.6. The highest BCUT2D eigenvalue weighted by atomic mass is 16.5. The first kappa shape index (κ1) is 18.4. The third-order valence-electron chi connectivity index (χ3n) is 5.30. The number of piperidine rings is 1. The number of hydrogen-bond donors (Lipinski definition) is 1. The second-order valence-corrected chi connectivity index (χ2v) is 7.01. The second-order valence-electron chi connectivity index (χ2n) is 7.01. The molecule has 1 N–H and O–H groups in total. The molecule has 2 aliphatic rings. The van der Waals surface area contributed by atoms with Crippen molar-refractivity contribution < 1.29 is 19.1 Å². The Kier molecular flexibility index (Phi) is 5.91. The van der Waals surface area contributed by atoms with Gasteiger partial charge in [-0.2, -0.15) is 0 Å². The first-order valence-electron chi connectivity index (χ1n) is 9.45. The highest BCUT2D eigenvalue weighted by molar-refractivity contribution is 5.94. The van der Waals surface area contributed by atoms with Gasteiger partial charge in [0, 0.05) is 30.6 Å². The Morgan fingerprint density at radius 2 is 1.69 bits per heavy atom. The summed E-state index contributed by atoms with van der Waals surface area (Å²) < 4.78 is 4.94. The molecular formula is C20H26N2O4. The summed E-state index contributed by atoms with van der Waals surface area (Å²) >= 11 is 0. The number of nitrogens with one attached hydrogen (secondary N) is 1. The minimum atomic E-state index is -0.367. The summed E-state index contributed by atoms with van der Waals surface area (Å²) in [6.07, 6.45) is 4.59. The summed E-state index contributed by atoms with van der Waals surface area (Å²) in [5.74, 6) is 0.0200. The smallest absolute Gasteiger partial charge is 0.338 e. The number of rotatable bonds is 5. The van der Waals surface area contributed by atoms with Crippen LogP contribution < -0.4 is 5.32 Å². The number of carbonyl (C=O) groups excluding carboxylic acids is 3. The van der Waals surface area contributed by atoms with Crippen molar-refractivity contribution in [3.63, 3.8) is 0 Å². The molecule has 0 bridgehead atoms. The molecule has 1 aromatic carbocycles. The van der Waals surface area contributed by atoms with E-state index in [2.05, 4.69) is 5.32 Å². The third kappa shape index (κ3) is 4.23. The van der Waals surface area contributed by atoms with Crippen LogP contribution in [0, 0.1) is 11.8 Å². The monoisotopic (exact) mass is 358 g/mol. The van der Waals surface area contributed by atoms with Crippen LogP contribution in [0.15, 0.2) is 24.3 Å². The number of carbonyl (C=O) groups is 3. The summed E-state index contributed by atoms with van der Waals surface area (Å²) in [6, 6.07) is 6.71. The Hall–Kier alpha value is -2.37. The van der Waals surface area contributed by atoms with E-state index in [4.69, 9.17) is 4.74 Å². The normalized spacial score (nSPS) is 18.1. The molecule has 2 fully saturated rings. The van der Waals surface area contributed by atoms with Gasteiger partial charge < -0.3 is 15.0 Å². The molecule has 0 spiro atoms. The van der Waals surface area contributed by atoms with Crippen LogP contribution in [0.2, 0.25) is 0 Å². The van der Waals surface area contributed by atoms with Crippen LogP contribution in [0.3, 0.4) is 0 Å². The van der Waals surface area contributed by atoms with Gasteiger partial charge in [-0.1, -0.05) is 6.42 Å². The fourth-order valence-corrected chi connectivity index (χ4v) is 3.42. The van der Waals surface area contributed by atoms with E-state index in [1.54, 1.807) is 31.2 Å². The van der Waals surface area contributed by atoms with Gasteiger partial charge in [0.05, 0.1) is 12.2 Å². The quantitative estimate of drug-likeness (QED) is 0.821. The predicted molar refractivity (Wildman–Crippen MR) is 97.7 cm³/mol. The Labute approximate surface area is 153 Å². The molecule has 1 heterocycles. The van der Waals surface area contributed by atoms with Gasteiger partial charge in [0.25, 0.3) is 0 Å². The Bertz CT molecular complexity index is 659. The largest absolute Gasteiger partial charge is 0.462 e. The number of anilines is 1. The van der Waals surface area contributed by atoms with Gasteiger partial charge in [-0.25, -0.2) is 4.79 Å². The average Bonchev–Trinajstić information content (AvgIpc) is 2.61. The van der Waals surface area contributed by atoms with Crippen molar-refractivity contribution in [1.82, 2.24) is 4.90 Å². The second kappa shape index (κ2) is 8.34. The SMILES string of the molecule is CCOC(=O)c1ccc(NC(=O)C2CCN(C(=O)C3CCC3)CC2)cc1. The Balaban J connectivity index is 1.48. The van der Waals surface area contributed by atoms with Gasteiger partial charge in [0.2, 0.25) is 11.8 Å². The summed E-state index contributed by atoms with van der Waals surface area (Å²) in [6.45, 7) is 3.42. The highest BCUT2D eigenvalue weighted by Gasteiger charge is 2.33. The number of likely N-dealkylation sites (tertiary alicyclic amines) is 1. The van der Waals surface area contributed by atoms with Crippen LogP contribution in [-0.4, -0.2) is 42.4 Å². The topological polar surface area (TPSA) is 75.7 Å². The first-order valence-corrected chi connectivity index (χ1v) is 9.45. The van der Waals surface area contributed by atoms with E-state index in [0.29, 0.717) is 43.8 Å². The van der Waals surface area contributed by atoms with E-state index in [0.717, 1.165) is 19.3 Å². The fraction of sp³-hybridized carbons (Fsp3) is 0.550. The molecule has 2 amide bonds. The summed E-state index contributed by atoms with van der Waals surface area (Å²) in [5.41, 5.74) is 1.13. The van der Waals surface area contributed by atoms with Gasteiger partial charge in [0.15, 0.2) is 0 Å². The van der Waals surface area contributed by atoms with Gasteiger partial charge in [-0.05, 0) is 56.9 Å². The molecule has 1 saturated carbocycles. The van der Waals surface area contributed by atoms with Gasteiger partial charge in [-0.3, -0.25) is 9.59 Å². The van der Waals surface area contributed by atoms with E-state index >= 15 is 0 Å². The van der Waals surface area contributed by atoms with Crippen molar-refractivity contribution in [1.29, 1.82) is 0 Å². The van der Waals surface area contributed by atoms with E-state index < -0.39 is 0 Å². The van der Waals surface area contributed by atoms with Crippen molar-refractivity contribution in [2.45, 2.75) is 39.0 Å². The maximum Gasteiger partial charge on any atom is 0.338 e. The summed E-state index contributed by atoms with van der Waals surface area (Å²) in [7, 11) is 0. The standard InChI is InChI=1S/C20H26N2O4/c1-2-26-20(25)16-6-8-17(9-7-16)21-18(23)14-10-12-22(13-11-14)19(24)15-4-3-5-15/h6-9,14-15H,2-5,10-13H2,1H3,(H,21,23). The molecule has 0 aromatic heterocycles.